The summed E-state index contributed by atoms with van der Waals surface area (Å²) < 4.78 is 5.64. The lowest BCUT2D eigenvalue weighted by Gasteiger charge is -2.29. The molecule has 0 saturated heterocycles. The van der Waals surface area contributed by atoms with Crippen LogP contribution in [0.5, 0.6) is 5.75 Å². The molecule has 18 heavy (non-hydrogen) atoms. The Morgan fingerprint density at radius 3 is 2.61 bits per heavy atom. The maximum Gasteiger partial charge on any atom is 0.144 e. The van der Waals surface area contributed by atoms with Crippen LogP contribution in [0.4, 0.5) is 11.4 Å². The van der Waals surface area contributed by atoms with E-state index in [0.29, 0.717) is 11.4 Å². The Hall–Kier alpha value is -1.42. The highest BCUT2D eigenvalue weighted by Gasteiger charge is 2.20. The van der Waals surface area contributed by atoms with Crippen molar-refractivity contribution in [2.75, 3.05) is 17.7 Å². The number of hydrogen-bond acceptors (Lipinski definition) is 4. The smallest absolute Gasteiger partial charge is 0.144 e. The van der Waals surface area contributed by atoms with Crippen molar-refractivity contribution in [1.82, 2.24) is 0 Å². The van der Waals surface area contributed by atoms with Crippen molar-refractivity contribution in [2.24, 2.45) is 0 Å². The quantitative estimate of drug-likeness (QED) is 0.681. The van der Waals surface area contributed by atoms with Crippen LogP contribution < -0.4 is 15.8 Å². The van der Waals surface area contributed by atoms with Crippen LogP contribution in [0.25, 0.3) is 0 Å². The predicted molar refractivity (Wildman–Crippen MR) is 76.0 cm³/mol. The normalized spacial score (nSPS) is 14.3. The zero-order chi connectivity index (χ0) is 13.8. The number of aliphatic hydroxyl groups is 1. The van der Waals surface area contributed by atoms with Gasteiger partial charge in [0.15, 0.2) is 0 Å². The number of rotatable bonds is 6. The van der Waals surface area contributed by atoms with Crippen LogP contribution in [0, 0.1) is 0 Å². The molecule has 0 amide bonds. The van der Waals surface area contributed by atoms with E-state index >= 15 is 0 Å². The Kier molecular flexibility index (Phi) is 4.84. The number of nitrogens with one attached hydrogen (secondary N) is 1. The Bertz CT molecular complexity index is 387. The molecule has 0 aromatic heterocycles. The maximum absolute atomic E-state index is 9.40. The number of nitrogens with two attached hydrogens (primary N) is 1. The topological polar surface area (TPSA) is 67.5 Å². The van der Waals surface area contributed by atoms with Gasteiger partial charge in [0.2, 0.25) is 0 Å². The van der Waals surface area contributed by atoms with E-state index in [9.17, 15) is 5.11 Å². The Morgan fingerprint density at radius 2 is 2.11 bits per heavy atom. The molecule has 102 valence electrons. The minimum atomic E-state index is -0.328. The number of nitrogen functional groups attached to an aromatic ring is 1. The summed E-state index contributed by atoms with van der Waals surface area (Å²) >= 11 is 0. The minimum absolute atomic E-state index is 0.0776. The first-order valence-corrected chi connectivity index (χ1v) is 6.35. The molecule has 0 aliphatic carbocycles. The average Bonchev–Trinajstić information content (AvgIpc) is 2.33. The molecule has 0 spiro atoms. The lowest BCUT2D eigenvalue weighted by atomic mass is 10.00. The summed E-state index contributed by atoms with van der Waals surface area (Å²) in [4.78, 5) is 0. The van der Waals surface area contributed by atoms with Gasteiger partial charge in [0, 0.05) is 11.8 Å². The first kappa shape index (κ1) is 14.6. The van der Waals surface area contributed by atoms with Crippen molar-refractivity contribution < 1.29 is 9.84 Å². The SMILES string of the molecule is CCC(C)(CO)Nc1ccc(N)c(OC(C)C)c1. The van der Waals surface area contributed by atoms with Gasteiger partial charge >= 0.3 is 0 Å². The summed E-state index contributed by atoms with van der Waals surface area (Å²) in [6.45, 7) is 8.01. The van der Waals surface area contributed by atoms with Crippen molar-refractivity contribution in [1.29, 1.82) is 0 Å². The van der Waals surface area contributed by atoms with Gasteiger partial charge in [-0.1, -0.05) is 6.92 Å². The van der Waals surface area contributed by atoms with Crippen LogP contribution in [-0.4, -0.2) is 23.4 Å². The molecular weight excluding hydrogens is 228 g/mol. The zero-order valence-electron chi connectivity index (χ0n) is 11.7. The second-order valence-corrected chi connectivity index (χ2v) is 5.12. The van der Waals surface area contributed by atoms with Crippen molar-refractivity contribution in [2.45, 2.75) is 45.8 Å². The highest BCUT2D eigenvalue weighted by molar-refractivity contribution is 5.62. The van der Waals surface area contributed by atoms with Crippen molar-refractivity contribution in [3.63, 3.8) is 0 Å². The van der Waals surface area contributed by atoms with E-state index in [2.05, 4.69) is 5.32 Å². The fourth-order valence-electron chi connectivity index (χ4n) is 1.56. The summed E-state index contributed by atoms with van der Waals surface area (Å²) in [6.07, 6.45) is 0.909. The van der Waals surface area contributed by atoms with E-state index in [0.717, 1.165) is 12.1 Å². The summed E-state index contributed by atoms with van der Waals surface area (Å²) in [5.41, 5.74) is 7.06. The Balaban J connectivity index is 2.91. The molecular formula is C14H24N2O2. The molecule has 1 unspecified atom stereocenters. The molecule has 0 radical (unpaired) electrons. The van der Waals surface area contributed by atoms with Gasteiger partial charge in [-0.15, -0.1) is 0 Å². The van der Waals surface area contributed by atoms with Crippen molar-refractivity contribution in [3.8, 4) is 5.75 Å². The number of anilines is 2. The van der Waals surface area contributed by atoms with Crippen LogP contribution >= 0.6 is 0 Å². The summed E-state index contributed by atoms with van der Waals surface area (Å²) in [5.74, 6) is 0.673. The second-order valence-electron chi connectivity index (χ2n) is 5.12. The van der Waals surface area contributed by atoms with Crippen LogP contribution in [0.1, 0.15) is 34.1 Å². The van der Waals surface area contributed by atoms with Gasteiger partial charge in [0.25, 0.3) is 0 Å². The molecule has 0 fully saturated rings. The first-order valence-electron chi connectivity index (χ1n) is 6.35. The molecule has 0 bridgehead atoms. The van der Waals surface area contributed by atoms with Crippen LogP contribution in [0.15, 0.2) is 18.2 Å². The van der Waals surface area contributed by atoms with E-state index in [1.165, 1.54) is 0 Å². The average molecular weight is 252 g/mol. The van der Waals surface area contributed by atoms with E-state index in [4.69, 9.17) is 10.5 Å². The standard InChI is InChI=1S/C14H24N2O2/c1-5-14(4,9-17)16-11-6-7-12(15)13(8-11)18-10(2)3/h6-8,10,16-17H,5,9,15H2,1-4H3. The second kappa shape index (κ2) is 5.96. The molecule has 0 heterocycles. The molecule has 1 rings (SSSR count). The number of benzene rings is 1. The van der Waals surface area contributed by atoms with Gasteiger partial charge in [-0.3, -0.25) is 0 Å². The lowest BCUT2D eigenvalue weighted by molar-refractivity contribution is 0.218. The first-order chi connectivity index (χ1) is 8.40. The van der Waals surface area contributed by atoms with Crippen LogP contribution in [0.2, 0.25) is 0 Å². The van der Waals surface area contributed by atoms with E-state index in [-0.39, 0.29) is 18.2 Å². The molecule has 1 aromatic rings. The summed E-state index contributed by atoms with van der Waals surface area (Å²) in [7, 11) is 0. The van der Waals surface area contributed by atoms with E-state index in [1.54, 1.807) is 0 Å². The third-order valence-corrected chi connectivity index (χ3v) is 2.95. The molecule has 4 nitrogen and oxygen atoms in total. The third kappa shape index (κ3) is 3.81. The van der Waals surface area contributed by atoms with Gasteiger partial charge in [-0.05, 0) is 39.3 Å². The molecule has 0 saturated carbocycles. The van der Waals surface area contributed by atoms with E-state index < -0.39 is 0 Å². The third-order valence-electron chi connectivity index (χ3n) is 2.95. The number of aliphatic hydroxyl groups excluding tert-OH is 1. The van der Waals surface area contributed by atoms with Gasteiger partial charge < -0.3 is 20.9 Å². The van der Waals surface area contributed by atoms with Crippen molar-refractivity contribution in [3.05, 3.63) is 18.2 Å². The van der Waals surface area contributed by atoms with Gasteiger partial charge in [-0.2, -0.15) is 0 Å². The molecule has 4 heteroatoms. The van der Waals surface area contributed by atoms with E-state index in [1.807, 2.05) is 45.9 Å². The molecule has 4 N–H and O–H groups in total. The molecule has 1 atom stereocenters. The Labute approximate surface area is 109 Å². The highest BCUT2D eigenvalue weighted by atomic mass is 16.5. The van der Waals surface area contributed by atoms with Crippen molar-refractivity contribution >= 4 is 11.4 Å². The lowest BCUT2D eigenvalue weighted by Crippen LogP contribution is -2.37. The van der Waals surface area contributed by atoms with Crippen LogP contribution in [0.3, 0.4) is 0 Å². The van der Waals surface area contributed by atoms with Gasteiger partial charge in [0.1, 0.15) is 5.75 Å². The molecule has 0 aliphatic rings. The van der Waals surface area contributed by atoms with Gasteiger partial charge in [0.05, 0.1) is 23.9 Å². The van der Waals surface area contributed by atoms with Crippen LogP contribution in [-0.2, 0) is 0 Å². The largest absolute Gasteiger partial charge is 0.489 e. The summed E-state index contributed by atoms with van der Waals surface area (Å²) in [5, 5.41) is 12.7. The molecule has 1 aromatic carbocycles. The number of ether oxygens (including phenoxy) is 1. The zero-order valence-corrected chi connectivity index (χ0v) is 11.7. The summed E-state index contributed by atoms with van der Waals surface area (Å²) in [6, 6.07) is 5.58. The van der Waals surface area contributed by atoms with Gasteiger partial charge in [-0.25, -0.2) is 0 Å². The Morgan fingerprint density at radius 1 is 1.44 bits per heavy atom. The maximum atomic E-state index is 9.40. The monoisotopic (exact) mass is 252 g/mol. The fourth-order valence-corrected chi connectivity index (χ4v) is 1.56. The highest BCUT2D eigenvalue weighted by Crippen LogP contribution is 2.28. The fraction of sp³-hybridized carbons (Fsp3) is 0.571. The number of hydrogen-bond donors (Lipinski definition) is 3. The molecule has 0 aliphatic heterocycles. The predicted octanol–water partition coefficient (Wildman–Crippen LogP) is 2.63. The minimum Gasteiger partial charge on any atom is -0.489 e.